The second-order valence-corrected chi connectivity index (χ2v) is 12.7. The standard InChI is InChI=1S/C34H36N2O4S2/c1-23(2)21-39-27-17-13-25(14-18-27)35-33(37)29-9-5-7-11-31(29)41-42-32-12-8-6-10-30(32)34(38)36-26-15-19-28(20-16-26)40-22-24(3)4/h5-20,23-24H,21-22H2,1-4H3,(H,35,37)(H,36,38). The lowest BCUT2D eigenvalue weighted by Gasteiger charge is -2.13. The van der Waals surface area contributed by atoms with E-state index in [4.69, 9.17) is 9.47 Å². The second-order valence-electron chi connectivity index (χ2n) is 10.5. The van der Waals surface area contributed by atoms with Crippen LogP contribution >= 0.6 is 21.6 Å². The molecule has 4 rings (SSSR count). The molecule has 0 spiro atoms. The molecule has 0 saturated carbocycles. The van der Waals surface area contributed by atoms with Gasteiger partial charge in [0, 0.05) is 21.2 Å². The van der Waals surface area contributed by atoms with Crippen molar-refractivity contribution in [3.63, 3.8) is 0 Å². The Morgan fingerprint density at radius 1 is 0.571 bits per heavy atom. The van der Waals surface area contributed by atoms with Crippen LogP contribution in [0.25, 0.3) is 0 Å². The highest BCUT2D eigenvalue weighted by molar-refractivity contribution is 8.76. The Kier molecular flexibility index (Phi) is 11.4. The van der Waals surface area contributed by atoms with Gasteiger partial charge in [0.2, 0.25) is 0 Å². The van der Waals surface area contributed by atoms with Gasteiger partial charge in [0.1, 0.15) is 11.5 Å². The predicted octanol–water partition coefficient (Wildman–Crippen LogP) is 9.06. The molecule has 0 bridgehead atoms. The van der Waals surface area contributed by atoms with E-state index in [0.29, 0.717) is 47.6 Å². The van der Waals surface area contributed by atoms with Crippen LogP contribution < -0.4 is 20.1 Å². The number of benzene rings is 4. The molecule has 4 aromatic carbocycles. The molecule has 0 aromatic heterocycles. The average molecular weight is 601 g/mol. The number of hydrogen-bond donors (Lipinski definition) is 2. The van der Waals surface area contributed by atoms with Gasteiger partial charge in [0.05, 0.1) is 24.3 Å². The van der Waals surface area contributed by atoms with E-state index in [0.717, 1.165) is 21.3 Å². The van der Waals surface area contributed by atoms with Crippen LogP contribution in [0.2, 0.25) is 0 Å². The lowest BCUT2D eigenvalue weighted by molar-refractivity contribution is 0.101. The number of carbonyl (C=O) groups is 2. The summed E-state index contributed by atoms with van der Waals surface area (Å²) in [6.07, 6.45) is 0. The summed E-state index contributed by atoms with van der Waals surface area (Å²) in [6, 6.07) is 29.6. The molecule has 0 aliphatic rings. The molecule has 0 aliphatic carbocycles. The molecule has 0 atom stereocenters. The summed E-state index contributed by atoms with van der Waals surface area (Å²) in [7, 11) is 2.88. The van der Waals surface area contributed by atoms with Crippen LogP contribution in [0.3, 0.4) is 0 Å². The Bertz CT molecular complexity index is 1360. The molecule has 0 aliphatic heterocycles. The Labute approximate surface area is 256 Å². The number of ether oxygens (including phenoxy) is 2. The third-order valence-electron chi connectivity index (χ3n) is 5.88. The van der Waals surface area contributed by atoms with Crippen molar-refractivity contribution in [2.24, 2.45) is 11.8 Å². The largest absolute Gasteiger partial charge is 0.493 e. The maximum Gasteiger partial charge on any atom is 0.256 e. The van der Waals surface area contributed by atoms with Crippen molar-refractivity contribution in [1.82, 2.24) is 0 Å². The van der Waals surface area contributed by atoms with E-state index in [2.05, 4.69) is 38.3 Å². The highest BCUT2D eigenvalue weighted by Crippen LogP contribution is 2.40. The molecule has 0 heterocycles. The lowest BCUT2D eigenvalue weighted by atomic mass is 10.2. The zero-order chi connectivity index (χ0) is 29.9. The van der Waals surface area contributed by atoms with Gasteiger partial charge in [-0.1, -0.05) is 73.5 Å². The van der Waals surface area contributed by atoms with Crippen LogP contribution in [0.15, 0.2) is 107 Å². The topological polar surface area (TPSA) is 76.7 Å². The van der Waals surface area contributed by atoms with Crippen molar-refractivity contribution in [2.75, 3.05) is 23.8 Å². The van der Waals surface area contributed by atoms with Gasteiger partial charge in [0.25, 0.3) is 11.8 Å². The maximum atomic E-state index is 13.2. The van der Waals surface area contributed by atoms with Crippen molar-refractivity contribution in [2.45, 2.75) is 37.5 Å². The minimum absolute atomic E-state index is 0.207. The normalized spacial score (nSPS) is 10.9. The minimum atomic E-state index is -0.207. The highest BCUT2D eigenvalue weighted by atomic mass is 33.1. The van der Waals surface area contributed by atoms with Gasteiger partial charge >= 0.3 is 0 Å². The van der Waals surface area contributed by atoms with Crippen molar-refractivity contribution < 1.29 is 19.1 Å². The second kappa shape index (κ2) is 15.4. The van der Waals surface area contributed by atoms with Crippen LogP contribution in [0.1, 0.15) is 48.4 Å². The van der Waals surface area contributed by atoms with Gasteiger partial charge in [-0.2, -0.15) is 0 Å². The lowest BCUT2D eigenvalue weighted by Crippen LogP contribution is -2.13. The molecule has 6 nitrogen and oxygen atoms in total. The van der Waals surface area contributed by atoms with Gasteiger partial charge in [-0.25, -0.2) is 0 Å². The van der Waals surface area contributed by atoms with E-state index < -0.39 is 0 Å². The number of hydrogen-bond acceptors (Lipinski definition) is 6. The Hall–Kier alpha value is -3.88. The van der Waals surface area contributed by atoms with E-state index in [9.17, 15) is 9.59 Å². The summed E-state index contributed by atoms with van der Waals surface area (Å²) in [5, 5.41) is 5.95. The zero-order valence-corrected chi connectivity index (χ0v) is 25.9. The molecule has 2 amide bonds. The summed E-state index contributed by atoms with van der Waals surface area (Å²) in [6.45, 7) is 9.67. The average Bonchev–Trinajstić information content (AvgIpc) is 2.99. The third kappa shape index (κ3) is 9.33. The maximum absolute atomic E-state index is 13.2. The van der Waals surface area contributed by atoms with Crippen LogP contribution in [0.5, 0.6) is 11.5 Å². The van der Waals surface area contributed by atoms with Gasteiger partial charge < -0.3 is 20.1 Å². The molecule has 2 N–H and O–H groups in total. The van der Waals surface area contributed by atoms with Crippen LogP contribution in [0, 0.1) is 11.8 Å². The predicted molar refractivity (Wildman–Crippen MR) is 174 cm³/mol. The van der Waals surface area contributed by atoms with E-state index >= 15 is 0 Å². The first-order chi connectivity index (χ1) is 20.3. The molecule has 0 radical (unpaired) electrons. The highest BCUT2D eigenvalue weighted by Gasteiger charge is 2.16. The molecule has 218 valence electrons. The number of rotatable bonds is 13. The van der Waals surface area contributed by atoms with E-state index in [1.165, 1.54) is 21.6 Å². The molecular weight excluding hydrogens is 565 g/mol. The van der Waals surface area contributed by atoms with Crippen molar-refractivity contribution >= 4 is 44.8 Å². The van der Waals surface area contributed by atoms with Gasteiger partial charge in [-0.3, -0.25) is 9.59 Å². The number of carbonyl (C=O) groups excluding carboxylic acids is 2. The minimum Gasteiger partial charge on any atom is -0.493 e. The first-order valence-electron chi connectivity index (χ1n) is 13.9. The van der Waals surface area contributed by atoms with Gasteiger partial charge in [-0.05, 0) is 84.6 Å². The summed E-state index contributed by atoms with van der Waals surface area (Å²) >= 11 is 0. The molecule has 0 saturated heterocycles. The quantitative estimate of drug-likeness (QED) is 0.149. The van der Waals surface area contributed by atoms with Crippen molar-refractivity contribution in [3.05, 3.63) is 108 Å². The Morgan fingerprint density at radius 2 is 0.929 bits per heavy atom. The van der Waals surface area contributed by atoms with E-state index in [1.807, 2.05) is 84.9 Å². The number of amides is 2. The monoisotopic (exact) mass is 600 g/mol. The van der Waals surface area contributed by atoms with E-state index in [1.54, 1.807) is 12.1 Å². The zero-order valence-electron chi connectivity index (χ0n) is 24.3. The Balaban J connectivity index is 1.39. The number of anilines is 2. The summed E-state index contributed by atoms with van der Waals surface area (Å²) in [5.41, 5.74) is 2.48. The first kappa shape index (κ1) is 31.1. The van der Waals surface area contributed by atoms with Crippen LogP contribution in [-0.2, 0) is 0 Å². The molecule has 4 aromatic rings. The smallest absolute Gasteiger partial charge is 0.256 e. The number of nitrogens with one attached hydrogen (secondary N) is 2. The Morgan fingerprint density at radius 3 is 1.29 bits per heavy atom. The van der Waals surface area contributed by atoms with Crippen molar-refractivity contribution in [3.8, 4) is 11.5 Å². The fourth-order valence-corrected chi connectivity index (χ4v) is 6.09. The molecule has 42 heavy (non-hydrogen) atoms. The van der Waals surface area contributed by atoms with Gasteiger partial charge in [0.15, 0.2) is 0 Å². The van der Waals surface area contributed by atoms with Crippen LogP contribution in [-0.4, -0.2) is 25.0 Å². The van der Waals surface area contributed by atoms with E-state index in [-0.39, 0.29) is 11.8 Å². The summed E-state index contributed by atoms with van der Waals surface area (Å²) < 4.78 is 11.5. The molecular formula is C34H36N2O4S2. The third-order valence-corrected chi connectivity index (χ3v) is 8.36. The fourth-order valence-electron chi connectivity index (χ4n) is 3.74. The van der Waals surface area contributed by atoms with Gasteiger partial charge in [-0.15, -0.1) is 0 Å². The van der Waals surface area contributed by atoms with Crippen molar-refractivity contribution in [1.29, 1.82) is 0 Å². The molecule has 0 fully saturated rings. The summed E-state index contributed by atoms with van der Waals surface area (Å²) in [5.74, 6) is 1.99. The summed E-state index contributed by atoms with van der Waals surface area (Å²) in [4.78, 5) is 28.0. The SMILES string of the molecule is CC(C)COc1ccc(NC(=O)c2ccccc2SSc2ccccc2C(=O)Nc2ccc(OCC(C)C)cc2)cc1. The molecule has 0 unspecified atom stereocenters. The molecule has 8 heteroatoms. The first-order valence-corrected chi connectivity index (χ1v) is 16.0. The fraction of sp³-hybridized carbons (Fsp3) is 0.235. The van der Waals surface area contributed by atoms with Crippen LogP contribution in [0.4, 0.5) is 11.4 Å².